The lowest BCUT2D eigenvalue weighted by atomic mass is 10.1. The fourth-order valence-electron chi connectivity index (χ4n) is 4.40. The first-order chi connectivity index (χ1) is 18.0. The molecule has 2 amide bonds. The first-order valence-corrected chi connectivity index (χ1v) is 12.9. The van der Waals surface area contributed by atoms with Crippen molar-refractivity contribution in [3.8, 4) is 17.0 Å². The summed E-state index contributed by atoms with van der Waals surface area (Å²) < 4.78 is 1.99. The van der Waals surface area contributed by atoms with Crippen molar-refractivity contribution in [2.24, 2.45) is 0 Å². The van der Waals surface area contributed by atoms with Gasteiger partial charge in [0.1, 0.15) is 5.75 Å². The Hall–Kier alpha value is -3.68. The van der Waals surface area contributed by atoms with Gasteiger partial charge in [0.05, 0.1) is 21.4 Å². The number of halogens is 2. The predicted octanol–water partition coefficient (Wildman–Crippen LogP) is 6.16. The van der Waals surface area contributed by atoms with Gasteiger partial charge < -0.3 is 20.2 Å². The van der Waals surface area contributed by atoms with E-state index in [1.54, 1.807) is 4.90 Å². The van der Waals surface area contributed by atoms with Crippen LogP contribution in [0.25, 0.3) is 11.3 Å². The molecule has 7 nitrogen and oxygen atoms in total. The highest BCUT2D eigenvalue weighted by Gasteiger charge is 2.23. The number of aromatic hydroxyl groups is 1. The Morgan fingerprint density at radius 3 is 2.27 bits per heavy atom. The standard InChI is InChI=1S/C28H27Cl2N5O2/c29-24-18-23(36)19-25(30)27(24)31-28(37)34-16-14-33(15-17-34)22-8-6-21(7-9-22)26-11-13-35(32-26)12-10-20-4-2-1-3-5-20/h1-9,11,13,18-19,36H,10,12,14-17H2,(H,31,37). The van der Waals surface area contributed by atoms with Crippen molar-refractivity contribution in [2.45, 2.75) is 13.0 Å². The van der Waals surface area contributed by atoms with Crippen LogP contribution in [0.4, 0.5) is 16.2 Å². The van der Waals surface area contributed by atoms with Crippen LogP contribution in [-0.4, -0.2) is 52.0 Å². The normalized spacial score (nSPS) is 13.6. The molecule has 0 bridgehead atoms. The van der Waals surface area contributed by atoms with E-state index in [2.05, 4.69) is 58.7 Å². The quantitative estimate of drug-likeness (QED) is 0.290. The van der Waals surface area contributed by atoms with E-state index in [-0.39, 0.29) is 21.8 Å². The molecule has 1 fully saturated rings. The van der Waals surface area contributed by atoms with Gasteiger partial charge in [-0.05, 0) is 30.2 Å². The molecular formula is C28H27Cl2N5O2. The van der Waals surface area contributed by atoms with Crippen LogP contribution in [0.15, 0.2) is 79.0 Å². The number of rotatable bonds is 6. The Bertz CT molecular complexity index is 1340. The third-order valence-corrected chi connectivity index (χ3v) is 7.06. The summed E-state index contributed by atoms with van der Waals surface area (Å²) in [5.74, 6) is -0.0518. The number of nitrogens with zero attached hydrogens (tertiary/aromatic N) is 4. The summed E-state index contributed by atoms with van der Waals surface area (Å²) in [7, 11) is 0. The van der Waals surface area contributed by atoms with Gasteiger partial charge in [0.15, 0.2) is 0 Å². The van der Waals surface area contributed by atoms with Gasteiger partial charge in [0, 0.05) is 62.3 Å². The minimum Gasteiger partial charge on any atom is -0.508 e. The molecule has 0 radical (unpaired) electrons. The third kappa shape index (κ3) is 6.01. The fraction of sp³-hybridized carbons (Fsp3) is 0.214. The number of piperazine rings is 1. The number of phenols is 1. The Labute approximate surface area is 225 Å². The number of aryl methyl sites for hydroxylation is 2. The first-order valence-electron chi connectivity index (χ1n) is 12.1. The zero-order chi connectivity index (χ0) is 25.8. The lowest BCUT2D eigenvalue weighted by Gasteiger charge is -2.36. The van der Waals surface area contributed by atoms with Crippen LogP contribution >= 0.6 is 23.2 Å². The number of benzene rings is 3. The number of hydrogen-bond acceptors (Lipinski definition) is 4. The van der Waals surface area contributed by atoms with Crippen molar-refractivity contribution in [3.63, 3.8) is 0 Å². The van der Waals surface area contributed by atoms with Crippen LogP contribution in [0.5, 0.6) is 5.75 Å². The molecule has 0 saturated carbocycles. The van der Waals surface area contributed by atoms with Gasteiger partial charge in [-0.25, -0.2) is 4.79 Å². The van der Waals surface area contributed by atoms with Gasteiger partial charge in [-0.3, -0.25) is 4.68 Å². The van der Waals surface area contributed by atoms with Crippen LogP contribution in [0.2, 0.25) is 10.0 Å². The number of aromatic nitrogens is 2. The summed E-state index contributed by atoms with van der Waals surface area (Å²) in [5.41, 5.74) is 4.73. The molecule has 0 spiro atoms. The van der Waals surface area contributed by atoms with Gasteiger partial charge in [-0.15, -0.1) is 0 Å². The number of hydrogen-bond donors (Lipinski definition) is 2. The van der Waals surface area contributed by atoms with Crippen molar-refractivity contribution in [2.75, 3.05) is 36.4 Å². The average molecular weight is 536 g/mol. The number of nitrogens with one attached hydrogen (secondary N) is 1. The van der Waals surface area contributed by atoms with E-state index in [1.165, 1.54) is 17.7 Å². The predicted molar refractivity (Wildman–Crippen MR) is 149 cm³/mol. The molecule has 4 aromatic rings. The number of urea groups is 1. The highest BCUT2D eigenvalue weighted by molar-refractivity contribution is 6.40. The molecule has 3 aromatic carbocycles. The molecule has 1 aromatic heterocycles. The number of amides is 2. The molecule has 0 aliphatic carbocycles. The molecular weight excluding hydrogens is 509 g/mol. The summed E-state index contributed by atoms with van der Waals surface area (Å²) in [6, 6.07) is 23.3. The lowest BCUT2D eigenvalue weighted by molar-refractivity contribution is 0.208. The SMILES string of the molecule is O=C(Nc1c(Cl)cc(O)cc1Cl)N1CCN(c2ccc(-c3ccn(CCc4ccccc4)n3)cc2)CC1. The molecule has 0 atom stereocenters. The van der Waals surface area contributed by atoms with E-state index < -0.39 is 0 Å². The zero-order valence-corrected chi connectivity index (χ0v) is 21.7. The lowest BCUT2D eigenvalue weighted by Crippen LogP contribution is -2.50. The fourth-order valence-corrected chi connectivity index (χ4v) is 4.97. The maximum absolute atomic E-state index is 12.7. The van der Waals surface area contributed by atoms with Crippen LogP contribution in [0.3, 0.4) is 0 Å². The minimum atomic E-state index is -0.271. The summed E-state index contributed by atoms with van der Waals surface area (Å²) >= 11 is 12.3. The summed E-state index contributed by atoms with van der Waals surface area (Å²) in [4.78, 5) is 16.7. The van der Waals surface area contributed by atoms with Crippen LogP contribution in [0.1, 0.15) is 5.56 Å². The number of phenolic OH excluding ortho intramolecular Hbond substituents is 1. The molecule has 1 aliphatic heterocycles. The number of carbonyl (C=O) groups is 1. The molecule has 2 heterocycles. The maximum atomic E-state index is 12.7. The molecule has 1 aliphatic rings. The number of anilines is 2. The second-order valence-electron chi connectivity index (χ2n) is 8.94. The highest BCUT2D eigenvalue weighted by atomic mass is 35.5. The Balaban J connectivity index is 1.14. The van der Waals surface area contributed by atoms with E-state index >= 15 is 0 Å². The molecule has 2 N–H and O–H groups in total. The number of carbonyl (C=O) groups excluding carboxylic acids is 1. The van der Waals surface area contributed by atoms with Crippen LogP contribution < -0.4 is 10.2 Å². The second-order valence-corrected chi connectivity index (χ2v) is 9.75. The Morgan fingerprint density at radius 2 is 1.59 bits per heavy atom. The summed E-state index contributed by atoms with van der Waals surface area (Å²) in [5, 5.41) is 17.5. The van der Waals surface area contributed by atoms with Crippen molar-refractivity contribution >= 4 is 40.6 Å². The van der Waals surface area contributed by atoms with Crippen LogP contribution in [-0.2, 0) is 13.0 Å². The summed E-state index contributed by atoms with van der Waals surface area (Å²) in [6.07, 6.45) is 2.97. The summed E-state index contributed by atoms with van der Waals surface area (Å²) in [6.45, 7) is 3.38. The van der Waals surface area contributed by atoms with E-state index in [9.17, 15) is 9.90 Å². The van der Waals surface area contributed by atoms with Gasteiger partial charge in [0.2, 0.25) is 0 Å². The van der Waals surface area contributed by atoms with Gasteiger partial charge in [-0.2, -0.15) is 5.10 Å². The second kappa shape index (κ2) is 11.2. The molecule has 190 valence electrons. The highest BCUT2D eigenvalue weighted by Crippen LogP contribution is 2.34. The molecule has 0 unspecified atom stereocenters. The molecule has 9 heteroatoms. The van der Waals surface area contributed by atoms with Crippen molar-refractivity contribution in [1.82, 2.24) is 14.7 Å². The first kappa shape index (κ1) is 25.0. The van der Waals surface area contributed by atoms with Gasteiger partial charge in [-0.1, -0.05) is 65.7 Å². The molecule has 37 heavy (non-hydrogen) atoms. The maximum Gasteiger partial charge on any atom is 0.322 e. The smallest absolute Gasteiger partial charge is 0.322 e. The van der Waals surface area contributed by atoms with Crippen molar-refractivity contribution in [1.29, 1.82) is 0 Å². The van der Waals surface area contributed by atoms with Crippen molar-refractivity contribution < 1.29 is 9.90 Å². The van der Waals surface area contributed by atoms with Gasteiger partial charge in [0.25, 0.3) is 0 Å². The molecule has 5 rings (SSSR count). The van der Waals surface area contributed by atoms with E-state index in [0.717, 1.165) is 29.9 Å². The largest absolute Gasteiger partial charge is 0.508 e. The van der Waals surface area contributed by atoms with Crippen LogP contribution in [0, 0.1) is 0 Å². The Kier molecular flexibility index (Phi) is 7.53. The van der Waals surface area contributed by atoms with E-state index in [1.807, 2.05) is 23.0 Å². The minimum absolute atomic E-state index is 0.0518. The van der Waals surface area contributed by atoms with Crippen molar-refractivity contribution in [3.05, 3.63) is 94.6 Å². The molecule has 1 saturated heterocycles. The van der Waals surface area contributed by atoms with Gasteiger partial charge >= 0.3 is 6.03 Å². The monoisotopic (exact) mass is 535 g/mol. The Morgan fingerprint density at radius 1 is 0.919 bits per heavy atom. The van der Waals surface area contributed by atoms with E-state index in [0.29, 0.717) is 31.9 Å². The topological polar surface area (TPSA) is 73.6 Å². The average Bonchev–Trinajstić information content (AvgIpc) is 3.39. The van der Waals surface area contributed by atoms with E-state index in [4.69, 9.17) is 28.3 Å². The third-order valence-electron chi connectivity index (χ3n) is 6.47. The zero-order valence-electron chi connectivity index (χ0n) is 20.1.